The molecular weight excluding hydrogens is 461 g/mol. The summed E-state index contributed by atoms with van der Waals surface area (Å²) in [5.41, 5.74) is 2.62. The lowest BCUT2D eigenvalue weighted by Gasteiger charge is -2.16. The summed E-state index contributed by atoms with van der Waals surface area (Å²) in [7, 11) is 0. The van der Waals surface area contributed by atoms with E-state index in [2.05, 4.69) is 24.3 Å². The molecule has 0 bridgehead atoms. The second kappa shape index (κ2) is 10.9. The molecule has 0 radical (unpaired) electrons. The zero-order chi connectivity index (χ0) is 24.1. The average Bonchev–Trinajstić information content (AvgIpc) is 3.18. The molecule has 33 heavy (non-hydrogen) atoms. The molecule has 0 saturated heterocycles. The Morgan fingerprint density at radius 1 is 1.06 bits per heavy atom. The minimum atomic E-state index is -0.530. The van der Waals surface area contributed by atoms with Crippen LogP contribution < -0.4 is 5.32 Å². The van der Waals surface area contributed by atoms with Crippen LogP contribution in [0.1, 0.15) is 55.0 Å². The molecule has 174 valence electrons. The Hall–Kier alpha value is -2.83. The highest BCUT2D eigenvalue weighted by Gasteiger charge is 2.20. The number of benzene rings is 2. The van der Waals surface area contributed by atoms with Crippen LogP contribution in [0.25, 0.3) is 16.9 Å². The summed E-state index contributed by atoms with van der Waals surface area (Å²) in [4.78, 5) is 24.9. The van der Waals surface area contributed by atoms with Gasteiger partial charge in [0.2, 0.25) is 0 Å². The van der Waals surface area contributed by atoms with Gasteiger partial charge in [0.25, 0.3) is 5.91 Å². The Kier molecular flexibility index (Phi) is 8.16. The molecule has 0 unspecified atom stereocenters. The molecule has 3 aromatic rings. The zero-order valence-electron chi connectivity index (χ0n) is 19.1. The van der Waals surface area contributed by atoms with E-state index in [1.54, 1.807) is 60.1 Å². The Morgan fingerprint density at radius 3 is 2.36 bits per heavy atom. The number of amides is 1. The second-order valence-corrected chi connectivity index (χ2v) is 9.07. The molecule has 1 N–H and O–H groups in total. The van der Waals surface area contributed by atoms with Gasteiger partial charge in [-0.05, 0) is 74.7 Å². The summed E-state index contributed by atoms with van der Waals surface area (Å²) in [6.45, 7) is 8.21. The van der Waals surface area contributed by atoms with Gasteiger partial charge in [0.05, 0.1) is 23.0 Å². The van der Waals surface area contributed by atoms with Gasteiger partial charge in [-0.1, -0.05) is 37.0 Å². The monoisotopic (exact) mass is 487 g/mol. The van der Waals surface area contributed by atoms with Crippen LogP contribution in [0.2, 0.25) is 10.0 Å². The van der Waals surface area contributed by atoms with Crippen LogP contribution in [0.3, 0.4) is 0 Å². The van der Waals surface area contributed by atoms with E-state index < -0.39 is 5.97 Å². The Morgan fingerprint density at radius 2 is 1.76 bits per heavy atom. The Bertz CT molecular complexity index is 1140. The van der Waals surface area contributed by atoms with E-state index >= 15 is 0 Å². The molecular formula is C25H27Cl2N3O3. The van der Waals surface area contributed by atoms with E-state index in [0.29, 0.717) is 38.5 Å². The van der Waals surface area contributed by atoms with Crippen LogP contribution in [0.5, 0.6) is 0 Å². The first kappa shape index (κ1) is 24.8. The van der Waals surface area contributed by atoms with Crippen molar-refractivity contribution in [3.8, 4) is 16.9 Å². The number of hydrogen-bond donors (Lipinski definition) is 1. The first-order valence-electron chi connectivity index (χ1n) is 10.8. The lowest BCUT2D eigenvalue weighted by Crippen LogP contribution is -2.33. The number of carbonyl (C=O) groups is 2. The van der Waals surface area contributed by atoms with Crippen molar-refractivity contribution < 1.29 is 14.3 Å². The molecule has 3 rings (SSSR count). The third-order valence-electron chi connectivity index (χ3n) is 4.98. The quantitative estimate of drug-likeness (QED) is 0.384. The molecule has 0 spiro atoms. The van der Waals surface area contributed by atoms with Crippen molar-refractivity contribution in [2.24, 2.45) is 5.92 Å². The third kappa shape index (κ3) is 6.15. The van der Waals surface area contributed by atoms with Crippen molar-refractivity contribution in [1.29, 1.82) is 0 Å². The van der Waals surface area contributed by atoms with E-state index in [-0.39, 0.29) is 24.2 Å². The van der Waals surface area contributed by atoms with Gasteiger partial charge in [-0.25, -0.2) is 9.48 Å². The van der Waals surface area contributed by atoms with Gasteiger partial charge in [-0.15, -0.1) is 0 Å². The van der Waals surface area contributed by atoms with Gasteiger partial charge < -0.3 is 10.1 Å². The van der Waals surface area contributed by atoms with Crippen LogP contribution in [0.4, 0.5) is 0 Å². The number of aromatic nitrogens is 2. The minimum Gasteiger partial charge on any atom is -0.461 e. The summed E-state index contributed by atoms with van der Waals surface area (Å²) in [5.74, 6) is -0.171. The minimum absolute atomic E-state index is 0.0778. The maximum Gasteiger partial charge on any atom is 0.358 e. The van der Waals surface area contributed by atoms with Gasteiger partial charge in [-0.3, -0.25) is 4.79 Å². The Labute approximate surface area is 203 Å². The molecule has 1 heterocycles. The lowest BCUT2D eigenvalue weighted by molar-refractivity contribution is 0.0518. The van der Waals surface area contributed by atoms with Crippen LogP contribution in [0.15, 0.2) is 48.5 Å². The lowest BCUT2D eigenvalue weighted by atomic mass is 10.0. The van der Waals surface area contributed by atoms with E-state index in [1.807, 2.05) is 6.92 Å². The molecule has 0 fully saturated rings. The van der Waals surface area contributed by atoms with Crippen LogP contribution in [-0.2, 0) is 4.74 Å². The van der Waals surface area contributed by atoms with Gasteiger partial charge in [0.1, 0.15) is 0 Å². The highest BCUT2D eigenvalue weighted by atomic mass is 35.5. The Balaban J connectivity index is 1.96. The van der Waals surface area contributed by atoms with E-state index in [1.165, 1.54) is 0 Å². The SMILES string of the molecule is CCOC(=O)c1cc(-c2ccc(Cl)cc2Cl)n(-c2ccc(C(=O)N[C@@H](C)CC(C)C)cc2)n1. The fraction of sp³-hybridized carbons (Fsp3) is 0.320. The molecule has 6 nitrogen and oxygen atoms in total. The summed E-state index contributed by atoms with van der Waals surface area (Å²) in [6, 6.07) is 13.8. The number of nitrogens with zero attached hydrogens (tertiary/aromatic N) is 2. The number of ether oxygens (including phenoxy) is 1. The van der Waals surface area contributed by atoms with Gasteiger partial charge in [0, 0.05) is 22.2 Å². The predicted molar refractivity (Wildman–Crippen MR) is 131 cm³/mol. The maximum absolute atomic E-state index is 12.6. The molecule has 0 aliphatic carbocycles. The molecule has 8 heteroatoms. The largest absolute Gasteiger partial charge is 0.461 e. The molecule has 0 saturated carbocycles. The highest BCUT2D eigenvalue weighted by Crippen LogP contribution is 2.32. The van der Waals surface area contributed by atoms with Gasteiger partial charge in [-0.2, -0.15) is 5.10 Å². The zero-order valence-corrected chi connectivity index (χ0v) is 20.6. The smallest absolute Gasteiger partial charge is 0.358 e. The number of rotatable bonds is 8. The topological polar surface area (TPSA) is 73.2 Å². The van der Waals surface area contributed by atoms with Crippen LogP contribution >= 0.6 is 23.2 Å². The molecule has 0 aliphatic rings. The molecule has 1 aromatic heterocycles. The number of halogens is 2. The van der Waals surface area contributed by atoms with Crippen molar-refractivity contribution in [1.82, 2.24) is 15.1 Å². The normalized spacial score (nSPS) is 12.0. The summed E-state index contributed by atoms with van der Waals surface area (Å²) in [5, 5.41) is 8.39. The second-order valence-electron chi connectivity index (χ2n) is 8.22. The molecule has 1 amide bonds. The first-order valence-corrected chi connectivity index (χ1v) is 11.6. The first-order chi connectivity index (χ1) is 15.7. The molecule has 0 aliphatic heterocycles. The van der Waals surface area contributed by atoms with E-state index in [9.17, 15) is 9.59 Å². The van der Waals surface area contributed by atoms with E-state index in [4.69, 9.17) is 27.9 Å². The standard InChI is InChI=1S/C25H27Cl2N3O3/c1-5-33-25(32)22-14-23(20-11-8-18(26)13-21(20)27)30(29-22)19-9-6-17(7-10-19)24(31)28-16(4)12-15(2)3/h6-11,13-16H,5,12H2,1-4H3,(H,28,31)/t16-/m0/s1. The van der Waals surface area contributed by atoms with Crippen molar-refractivity contribution in [3.05, 3.63) is 69.8 Å². The number of nitrogens with one attached hydrogen (secondary N) is 1. The summed E-state index contributed by atoms with van der Waals surface area (Å²) >= 11 is 12.5. The van der Waals surface area contributed by atoms with Crippen molar-refractivity contribution in [2.75, 3.05) is 6.61 Å². The fourth-order valence-electron chi connectivity index (χ4n) is 3.60. The summed E-state index contributed by atoms with van der Waals surface area (Å²) < 4.78 is 6.71. The van der Waals surface area contributed by atoms with Crippen molar-refractivity contribution in [2.45, 2.75) is 40.2 Å². The number of esters is 1. The highest BCUT2D eigenvalue weighted by molar-refractivity contribution is 6.36. The number of carbonyl (C=O) groups excluding carboxylic acids is 2. The maximum atomic E-state index is 12.6. The van der Waals surface area contributed by atoms with Crippen molar-refractivity contribution >= 4 is 35.1 Å². The van der Waals surface area contributed by atoms with Crippen LogP contribution in [0, 0.1) is 5.92 Å². The van der Waals surface area contributed by atoms with Gasteiger partial charge >= 0.3 is 5.97 Å². The van der Waals surface area contributed by atoms with E-state index in [0.717, 1.165) is 6.42 Å². The van der Waals surface area contributed by atoms with Gasteiger partial charge in [0.15, 0.2) is 5.69 Å². The molecule has 2 aromatic carbocycles. The predicted octanol–water partition coefficient (Wildman–Crippen LogP) is 6.19. The van der Waals surface area contributed by atoms with Crippen molar-refractivity contribution in [3.63, 3.8) is 0 Å². The third-order valence-corrected chi connectivity index (χ3v) is 5.53. The fourth-order valence-corrected chi connectivity index (χ4v) is 4.10. The molecule has 1 atom stereocenters. The number of hydrogen-bond acceptors (Lipinski definition) is 4. The van der Waals surface area contributed by atoms with Crippen LogP contribution in [-0.4, -0.2) is 34.3 Å². The average molecular weight is 488 g/mol. The summed E-state index contributed by atoms with van der Waals surface area (Å²) in [6.07, 6.45) is 0.902.